The van der Waals surface area contributed by atoms with Crippen LogP contribution >= 0.6 is 0 Å². The zero-order valence-electron chi connectivity index (χ0n) is 13.9. The molecule has 1 aromatic heterocycles. The number of sulfonamides is 1. The highest BCUT2D eigenvalue weighted by Gasteiger charge is 2.22. The van der Waals surface area contributed by atoms with Gasteiger partial charge in [-0.2, -0.15) is 5.10 Å². The van der Waals surface area contributed by atoms with E-state index in [1.54, 1.807) is 4.90 Å². The fourth-order valence-electron chi connectivity index (χ4n) is 3.15. The molecule has 1 amide bonds. The highest BCUT2D eigenvalue weighted by atomic mass is 32.2. The van der Waals surface area contributed by atoms with E-state index in [9.17, 15) is 13.2 Å². The fraction of sp³-hybridized carbons (Fsp3) is 0.412. The Morgan fingerprint density at radius 3 is 2.64 bits per heavy atom. The minimum absolute atomic E-state index is 0.0250. The number of hydrogen-bond donors (Lipinski definition) is 2. The lowest BCUT2D eigenvalue weighted by molar-refractivity contribution is -0.131. The number of amides is 1. The van der Waals surface area contributed by atoms with Gasteiger partial charge in [0, 0.05) is 42.8 Å². The highest BCUT2D eigenvalue weighted by Crippen LogP contribution is 2.26. The van der Waals surface area contributed by atoms with Gasteiger partial charge in [0.25, 0.3) is 0 Å². The third kappa shape index (κ3) is 4.46. The summed E-state index contributed by atoms with van der Waals surface area (Å²) in [5.74, 6) is -0.184. The van der Waals surface area contributed by atoms with Crippen molar-refractivity contribution in [1.82, 2.24) is 15.1 Å². The van der Waals surface area contributed by atoms with Gasteiger partial charge < -0.3 is 4.90 Å². The maximum Gasteiger partial charge on any atom is 0.222 e. The molecule has 0 atom stereocenters. The maximum atomic E-state index is 12.3. The Morgan fingerprint density at radius 2 is 1.92 bits per heavy atom. The van der Waals surface area contributed by atoms with Crippen molar-refractivity contribution in [2.75, 3.05) is 18.8 Å². The van der Waals surface area contributed by atoms with Gasteiger partial charge in [-0.15, -0.1) is 0 Å². The van der Waals surface area contributed by atoms with E-state index in [0.29, 0.717) is 13.1 Å². The molecular formula is C17H22N4O3S. The van der Waals surface area contributed by atoms with Crippen LogP contribution in [0.4, 0.5) is 0 Å². The van der Waals surface area contributed by atoms with Crippen molar-refractivity contribution in [3.63, 3.8) is 0 Å². The smallest absolute Gasteiger partial charge is 0.222 e. The fourth-order valence-corrected chi connectivity index (χ4v) is 3.70. The lowest BCUT2D eigenvalue weighted by Crippen LogP contribution is -2.33. The zero-order chi connectivity index (χ0) is 17.9. The molecule has 0 fully saturated rings. The molecule has 0 unspecified atom stereocenters. The number of H-pyrrole nitrogens is 1. The van der Waals surface area contributed by atoms with Gasteiger partial charge in [-0.1, -0.05) is 30.3 Å². The number of aromatic amines is 1. The van der Waals surface area contributed by atoms with Crippen LogP contribution in [-0.2, 0) is 27.7 Å². The summed E-state index contributed by atoms with van der Waals surface area (Å²) in [7, 11) is -3.51. The minimum Gasteiger partial charge on any atom is -0.342 e. The summed E-state index contributed by atoms with van der Waals surface area (Å²) >= 11 is 0. The topological polar surface area (TPSA) is 109 Å². The van der Waals surface area contributed by atoms with Gasteiger partial charge in [-0.25, -0.2) is 13.6 Å². The molecule has 0 aliphatic carbocycles. The number of carbonyl (C=O) groups is 1. The van der Waals surface area contributed by atoms with E-state index < -0.39 is 10.0 Å². The third-order valence-corrected chi connectivity index (χ3v) is 5.29. The summed E-state index contributed by atoms with van der Waals surface area (Å²) in [4.78, 5) is 14.1. The Balaban J connectivity index is 1.65. The molecule has 134 valence electrons. The van der Waals surface area contributed by atoms with Gasteiger partial charge in [0.1, 0.15) is 0 Å². The number of aromatic nitrogens is 2. The molecular weight excluding hydrogens is 340 g/mol. The van der Waals surface area contributed by atoms with Crippen molar-refractivity contribution in [3.05, 3.63) is 41.6 Å². The number of rotatable bonds is 5. The molecule has 2 heterocycles. The number of carbonyl (C=O) groups excluding carboxylic acids is 1. The predicted octanol–water partition coefficient (Wildman–Crippen LogP) is 1.07. The van der Waals surface area contributed by atoms with Crippen LogP contribution in [0, 0.1) is 0 Å². The second kappa shape index (κ2) is 7.37. The molecule has 0 saturated heterocycles. The van der Waals surface area contributed by atoms with Gasteiger partial charge in [0.15, 0.2) is 0 Å². The number of primary sulfonamides is 1. The summed E-state index contributed by atoms with van der Waals surface area (Å²) in [5.41, 5.74) is 4.23. The second-order valence-corrected chi connectivity index (χ2v) is 7.98. The van der Waals surface area contributed by atoms with Crippen molar-refractivity contribution >= 4 is 15.9 Å². The third-order valence-electron chi connectivity index (χ3n) is 4.44. The molecule has 0 bridgehead atoms. The second-order valence-electron chi connectivity index (χ2n) is 6.25. The van der Waals surface area contributed by atoms with Crippen LogP contribution in [0.5, 0.6) is 0 Å². The predicted molar refractivity (Wildman–Crippen MR) is 95.2 cm³/mol. The standard InChI is InChI=1S/C17H22N4O3S/c18-25(23,24)12-4-7-16(22)21-10-8-14-15(9-11-21)19-20-17(14)13-5-2-1-3-6-13/h1-3,5-6H,4,7-12H2,(H,19,20)(H2,18,23,24). The first-order valence-corrected chi connectivity index (χ1v) is 10.1. The largest absolute Gasteiger partial charge is 0.342 e. The first kappa shape index (κ1) is 17.6. The van der Waals surface area contributed by atoms with Crippen LogP contribution in [0.25, 0.3) is 11.3 Å². The van der Waals surface area contributed by atoms with E-state index in [1.165, 1.54) is 0 Å². The molecule has 1 aliphatic rings. The normalized spacial score (nSPS) is 14.8. The Hall–Kier alpha value is -2.19. The minimum atomic E-state index is -3.51. The SMILES string of the molecule is NS(=O)(=O)CCCC(=O)N1CCc2[nH]nc(-c3ccccc3)c2CC1. The van der Waals surface area contributed by atoms with Crippen LogP contribution in [-0.4, -0.2) is 48.3 Å². The highest BCUT2D eigenvalue weighted by molar-refractivity contribution is 7.89. The monoisotopic (exact) mass is 362 g/mol. The van der Waals surface area contributed by atoms with Crippen molar-refractivity contribution in [1.29, 1.82) is 0 Å². The molecule has 3 N–H and O–H groups in total. The summed E-state index contributed by atoms with van der Waals surface area (Å²) in [6, 6.07) is 9.98. The lowest BCUT2D eigenvalue weighted by Gasteiger charge is -2.20. The Labute approximate surface area is 147 Å². The van der Waals surface area contributed by atoms with Crippen molar-refractivity contribution in [2.45, 2.75) is 25.7 Å². The summed E-state index contributed by atoms with van der Waals surface area (Å²) in [5, 5.41) is 12.5. The van der Waals surface area contributed by atoms with Gasteiger partial charge in [0.2, 0.25) is 15.9 Å². The van der Waals surface area contributed by atoms with E-state index in [2.05, 4.69) is 10.2 Å². The lowest BCUT2D eigenvalue weighted by atomic mass is 10.0. The number of nitrogens with two attached hydrogens (primary N) is 1. The first-order valence-electron chi connectivity index (χ1n) is 8.34. The number of hydrogen-bond acceptors (Lipinski definition) is 4. The molecule has 3 rings (SSSR count). The van der Waals surface area contributed by atoms with Crippen LogP contribution in [0.1, 0.15) is 24.1 Å². The van der Waals surface area contributed by atoms with Gasteiger partial charge >= 0.3 is 0 Å². The number of nitrogens with one attached hydrogen (secondary N) is 1. The first-order chi connectivity index (χ1) is 11.9. The van der Waals surface area contributed by atoms with Crippen molar-refractivity contribution in [2.24, 2.45) is 5.14 Å². The van der Waals surface area contributed by atoms with Gasteiger partial charge in [-0.3, -0.25) is 9.89 Å². The molecule has 0 spiro atoms. The summed E-state index contributed by atoms with van der Waals surface area (Å²) in [6.45, 7) is 1.22. The van der Waals surface area contributed by atoms with Crippen LogP contribution in [0.15, 0.2) is 30.3 Å². The molecule has 0 radical (unpaired) electrons. The molecule has 0 saturated carbocycles. The summed E-state index contributed by atoms with van der Waals surface area (Å²) in [6.07, 6.45) is 1.91. The maximum absolute atomic E-state index is 12.3. The molecule has 25 heavy (non-hydrogen) atoms. The van der Waals surface area contributed by atoms with Crippen LogP contribution in [0.3, 0.4) is 0 Å². The molecule has 7 nitrogen and oxygen atoms in total. The molecule has 8 heteroatoms. The Bertz CT molecular complexity index is 846. The van der Waals surface area contributed by atoms with E-state index in [4.69, 9.17) is 5.14 Å². The number of fused-ring (bicyclic) bond motifs is 1. The Morgan fingerprint density at radius 1 is 1.20 bits per heavy atom. The summed E-state index contributed by atoms with van der Waals surface area (Å²) < 4.78 is 21.9. The zero-order valence-corrected chi connectivity index (χ0v) is 14.8. The van der Waals surface area contributed by atoms with Gasteiger partial charge in [-0.05, 0) is 12.8 Å². The van der Waals surface area contributed by atoms with Crippen molar-refractivity contribution < 1.29 is 13.2 Å². The van der Waals surface area contributed by atoms with E-state index in [0.717, 1.165) is 35.4 Å². The molecule has 1 aliphatic heterocycles. The van der Waals surface area contributed by atoms with E-state index in [1.807, 2.05) is 30.3 Å². The average Bonchev–Trinajstić information content (AvgIpc) is 2.86. The van der Waals surface area contributed by atoms with Crippen LogP contribution in [0.2, 0.25) is 0 Å². The molecule has 2 aromatic rings. The van der Waals surface area contributed by atoms with Crippen molar-refractivity contribution in [3.8, 4) is 11.3 Å². The average molecular weight is 362 g/mol. The van der Waals surface area contributed by atoms with Crippen LogP contribution < -0.4 is 5.14 Å². The quantitative estimate of drug-likeness (QED) is 0.829. The van der Waals surface area contributed by atoms with E-state index in [-0.39, 0.29) is 24.5 Å². The number of benzene rings is 1. The molecule has 1 aromatic carbocycles. The van der Waals surface area contributed by atoms with Gasteiger partial charge in [0.05, 0.1) is 11.4 Å². The Kier molecular flexibility index (Phi) is 5.19. The number of nitrogens with zero attached hydrogens (tertiary/aromatic N) is 2. The van der Waals surface area contributed by atoms with E-state index >= 15 is 0 Å².